The van der Waals surface area contributed by atoms with Gasteiger partial charge in [0.05, 0.1) is 12.8 Å². The lowest BCUT2D eigenvalue weighted by atomic mass is 10.3. The van der Waals surface area contributed by atoms with Crippen molar-refractivity contribution in [3.63, 3.8) is 0 Å². The molecule has 0 rings (SSSR count). The molecule has 1 atom stereocenters. The molecule has 0 amide bonds. The number of nitrogens with one attached hydrogen (secondary N) is 1. The summed E-state index contributed by atoms with van der Waals surface area (Å²) in [5.74, 6) is 0. The van der Waals surface area contributed by atoms with E-state index in [2.05, 4.69) is 35.4 Å². The molecule has 0 spiro atoms. The van der Waals surface area contributed by atoms with Crippen LogP contribution in [0.1, 0.15) is 59.3 Å². The molecule has 0 saturated carbocycles. The predicted molar refractivity (Wildman–Crippen MR) is 75.4 cm³/mol. The average molecular weight is 244 g/mol. The lowest BCUT2D eigenvalue weighted by Crippen LogP contribution is -2.04. The summed E-state index contributed by atoms with van der Waals surface area (Å²) < 4.78 is 9.13. The van der Waals surface area contributed by atoms with Crippen LogP contribution in [0.4, 0.5) is 0 Å². The molecule has 0 aliphatic rings. The molecule has 0 aromatic carbocycles. The van der Waals surface area contributed by atoms with Gasteiger partial charge in [0.25, 0.3) is 0 Å². The Bertz CT molecular complexity index is 202. The van der Waals surface area contributed by atoms with Gasteiger partial charge in [-0.3, -0.25) is 0 Å². The summed E-state index contributed by atoms with van der Waals surface area (Å²) in [6, 6.07) is 0. The van der Waals surface area contributed by atoms with E-state index in [1.54, 1.807) is 0 Å². The lowest BCUT2D eigenvalue weighted by molar-refractivity contribution is 0.767. The molecule has 3 nitrogen and oxygen atoms in total. The maximum absolute atomic E-state index is 4.61. The van der Waals surface area contributed by atoms with Crippen LogP contribution >= 0.6 is 8.01 Å². The molecular weight excluding hydrogens is 217 g/mol. The van der Waals surface area contributed by atoms with Gasteiger partial charge in [0.1, 0.15) is 0 Å². The Morgan fingerprint density at radius 1 is 1.06 bits per heavy atom. The molecule has 0 radical (unpaired) electrons. The van der Waals surface area contributed by atoms with Gasteiger partial charge in [-0.2, -0.15) is 0 Å². The minimum absolute atomic E-state index is 0.651. The van der Waals surface area contributed by atoms with E-state index in [4.69, 9.17) is 0 Å². The van der Waals surface area contributed by atoms with Gasteiger partial charge >= 0.3 is 8.01 Å². The first-order valence-corrected chi connectivity index (χ1v) is 7.83. The van der Waals surface area contributed by atoms with Crippen molar-refractivity contribution in [1.29, 1.82) is 0 Å². The fourth-order valence-corrected chi connectivity index (χ4v) is 2.28. The average Bonchev–Trinajstić information content (AvgIpc) is 2.29. The highest BCUT2D eigenvalue weighted by Gasteiger charge is 2.08. The normalized spacial score (nSPS) is 12.6. The molecule has 94 valence electrons. The third kappa shape index (κ3) is 10.3. The third-order valence-electron chi connectivity index (χ3n) is 2.14. The fraction of sp³-hybridized carbons (Fsp3) is 0.917. The van der Waals surface area contributed by atoms with E-state index in [1.165, 1.54) is 25.7 Å². The summed E-state index contributed by atoms with van der Waals surface area (Å²) in [4.78, 5) is 0. The smallest absolute Gasteiger partial charge is 0.102 e. The van der Waals surface area contributed by atoms with Gasteiger partial charge in [0, 0.05) is 6.54 Å². The van der Waals surface area contributed by atoms with Crippen LogP contribution in [-0.2, 0) is 0 Å². The zero-order valence-electron chi connectivity index (χ0n) is 11.1. The monoisotopic (exact) mass is 244 g/mol. The van der Waals surface area contributed by atoms with Crippen LogP contribution in [0.25, 0.3) is 0 Å². The highest BCUT2D eigenvalue weighted by Crippen LogP contribution is 2.21. The van der Waals surface area contributed by atoms with Crippen molar-refractivity contribution in [3.8, 4) is 0 Å². The minimum atomic E-state index is -0.651. The molecule has 0 aromatic rings. The largest absolute Gasteiger partial charge is 0.448 e. The number of rotatable bonds is 10. The first-order valence-electron chi connectivity index (χ1n) is 6.58. The molecule has 16 heavy (non-hydrogen) atoms. The molecule has 0 saturated heterocycles. The highest BCUT2D eigenvalue weighted by molar-refractivity contribution is 7.43. The second-order valence-corrected chi connectivity index (χ2v) is 5.27. The Morgan fingerprint density at radius 3 is 2.44 bits per heavy atom. The number of hydrogen-bond donors (Lipinski definition) is 1. The summed E-state index contributed by atoms with van der Waals surface area (Å²) >= 11 is 0. The van der Waals surface area contributed by atoms with Gasteiger partial charge in [-0.1, -0.05) is 44.8 Å². The molecule has 0 aromatic heterocycles. The van der Waals surface area contributed by atoms with Crippen molar-refractivity contribution < 1.29 is 0 Å². The number of hydrogen-bond acceptors (Lipinski definition) is 1. The van der Waals surface area contributed by atoms with Gasteiger partial charge < -0.3 is 0 Å². The summed E-state index contributed by atoms with van der Waals surface area (Å²) in [5, 5.41) is 3.44. The van der Waals surface area contributed by atoms with Crippen molar-refractivity contribution in [2.24, 2.45) is 9.51 Å². The standard InChI is InChI=1S/C12H27N3P/c1-4-7-10-13-16(14-11-8-5-2)15-12-9-6-3/h10H,4-9,11-12H2,1-3H3,(H,14,15)/q+1. The van der Waals surface area contributed by atoms with Gasteiger partial charge in [-0.25, -0.2) is 0 Å². The molecule has 0 bridgehead atoms. The van der Waals surface area contributed by atoms with Gasteiger partial charge in [0.15, 0.2) is 0 Å². The van der Waals surface area contributed by atoms with E-state index in [1.807, 2.05) is 6.21 Å². The van der Waals surface area contributed by atoms with Gasteiger partial charge in [-0.05, 0) is 24.0 Å². The Balaban J connectivity index is 3.98. The number of nitrogens with zero attached hydrogens (tertiary/aromatic N) is 2. The Hall–Kier alpha value is -0.270. The Labute approximate surface area is 102 Å². The minimum Gasteiger partial charge on any atom is -0.102 e. The first kappa shape index (κ1) is 15.7. The van der Waals surface area contributed by atoms with Crippen LogP contribution in [0, 0.1) is 0 Å². The van der Waals surface area contributed by atoms with Crippen LogP contribution < -0.4 is 5.09 Å². The van der Waals surface area contributed by atoms with Crippen LogP contribution in [0.15, 0.2) is 9.51 Å². The van der Waals surface area contributed by atoms with Crippen molar-refractivity contribution >= 4 is 14.2 Å². The zero-order chi connectivity index (χ0) is 12.1. The van der Waals surface area contributed by atoms with Crippen molar-refractivity contribution in [2.75, 3.05) is 13.1 Å². The molecule has 0 fully saturated rings. The van der Waals surface area contributed by atoms with Crippen LogP contribution in [0.3, 0.4) is 0 Å². The number of unbranched alkanes of at least 4 members (excludes halogenated alkanes) is 3. The summed E-state index contributed by atoms with van der Waals surface area (Å²) in [6.45, 7) is 8.57. The topological polar surface area (TPSA) is 36.8 Å². The van der Waals surface area contributed by atoms with E-state index in [0.717, 1.165) is 25.9 Å². The van der Waals surface area contributed by atoms with Crippen molar-refractivity contribution in [3.05, 3.63) is 0 Å². The Morgan fingerprint density at radius 2 is 1.81 bits per heavy atom. The fourth-order valence-electron chi connectivity index (χ4n) is 1.07. The third-order valence-corrected chi connectivity index (χ3v) is 3.49. The van der Waals surface area contributed by atoms with E-state index >= 15 is 0 Å². The molecule has 0 aliphatic carbocycles. The Kier molecular flexibility index (Phi) is 12.6. The van der Waals surface area contributed by atoms with Crippen LogP contribution in [0.5, 0.6) is 0 Å². The second-order valence-electron chi connectivity index (χ2n) is 3.86. The van der Waals surface area contributed by atoms with Crippen molar-refractivity contribution in [1.82, 2.24) is 5.09 Å². The summed E-state index contributed by atoms with van der Waals surface area (Å²) in [7, 11) is -0.651. The molecular formula is C12H27N3P+. The zero-order valence-corrected chi connectivity index (χ0v) is 12.0. The maximum Gasteiger partial charge on any atom is 0.448 e. The summed E-state index contributed by atoms with van der Waals surface area (Å²) in [5.41, 5.74) is 0. The molecule has 0 heterocycles. The van der Waals surface area contributed by atoms with E-state index < -0.39 is 8.01 Å². The van der Waals surface area contributed by atoms with Gasteiger partial charge in [-0.15, -0.1) is 5.09 Å². The van der Waals surface area contributed by atoms with Gasteiger partial charge in [0.2, 0.25) is 0 Å². The molecule has 1 unspecified atom stereocenters. The second kappa shape index (κ2) is 12.8. The molecule has 1 N–H and O–H groups in total. The van der Waals surface area contributed by atoms with E-state index in [-0.39, 0.29) is 0 Å². The predicted octanol–water partition coefficient (Wildman–Crippen LogP) is 4.54. The van der Waals surface area contributed by atoms with Crippen LogP contribution in [0.2, 0.25) is 0 Å². The van der Waals surface area contributed by atoms with E-state index in [0.29, 0.717) is 0 Å². The maximum atomic E-state index is 4.61. The SMILES string of the molecule is CCCC=N[P+](=NCCCC)NCCCC. The molecule has 0 aliphatic heterocycles. The lowest BCUT2D eigenvalue weighted by Gasteiger charge is -1.92. The van der Waals surface area contributed by atoms with E-state index in [9.17, 15) is 0 Å². The highest BCUT2D eigenvalue weighted by atomic mass is 31.1. The van der Waals surface area contributed by atoms with Crippen molar-refractivity contribution in [2.45, 2.75) is 59.3 Å². The molecule has 4 heteroatoms. The first-order chi connectivity index (χ1) is 7.85. The quantitative estimate of drug-likeness (QED) is 0.342. The summed E-state index contributed by atoms with van der Waals surface area (Å²) in [6.07, 6.45) is 9.08. The van der Waals surface area contributed by atoms with Crippen LogP contribution in [-0.4, -0.2) is 19.3 Å².